The topological polar surface area (TPSA) is 30.7 Å². The van der Waals surface area contributed by atoms with Crippen molar-refractivity contribution in [3.63, 3.8) is 0 Å². The Balaban J connectivity index is 2.17. The molecular weight excluding hydrogens is 270 g/mol. The fourth-order valence-corrected chi connectivity index (χ4v) is 2.71. The number of halogens is 1. The number of rotatable bonds is 1. The maximum atomic E-state index is 5.88. The van der Waals surface area contributed by atoms with E-state index >= 15 is 0 Å². The number of nitrogens with zero attached hydrogens (tertiary/aromatic N) is 3. The number of pyridine rings is 2. The van der Waals surface area contributed by atoms with Crippen molar-refractivity contribution in [1.82, 2.24) is 14.5 Å². The Bertz CT molecular complexity index is 857. The van der Waals surface area contributed by atoms with Gasteiger partial charge in [0.25, 0.3) is 0 Å². The van der Waals surface area contributed by atoms with E-state index in [1.165, 1.54) is 10.8 Å². The van der Waals surface area contributed by atoms with Crippen molar-refractivity contribution in [1.29, 1.82) is 0 Å². The summed E-state index contributed by atoms with van der Waals surface area (Å²) in [6, 6.07) is 14.1. The number of fused-ring (bicyclic) bond motifs is 3. The SMILES string of the molecule is Clc1ccc(-n2c3ccccc3c3ccncc32)cn1. The van der Waals surface area contributed by atoms with Gasteiger partial charge in [0.05, 0.1) is 29.1 Å². The van der Waals surface area contributed by atoms with E-state index < -0.39 is 0 Å². The Hall–Kier alpha value is -2.39. The van der Waals surface area contributed by atoms with Crippen LogP contribution in [0.2, 0.25) is 5.15 Å². The lowest BCUT2D eigenvalue weighted by Crippen LogP contribution is -1.94. The predicted octanol–water partition coefficient (Wildman–Crippen LogP) is 4.23. The Morgan fingerprint density at radius 1 is 0.850 bits per heavy atom. The van der Waals surface area contributed by atoms with Gasteiger partial charge in [-0.1, -0.05) is 29.8 Å². The van der Waals surface area contributed by atoms with Crippen LogP contribution in [-0.4, -0.2) is 14.5 Å². The number of hydrogen-bond donors (Lipinski definition) is 0. The molecule has 4 heteroatoms. The molecule has 20 heavy (non-hydrogen) atoms. The molecule has 0 saturated heterocycles. The molecule has 4 rings (SSSR count). The van der Waals surface area contributed by atoms with Gasteiger partial charge >= 0.3 is 0 Å². The third-order valence-electron chi connectivity index (χ3n) is 3.45. The number of hydrogen-bond acceptors (Lipinski definition) is 2. The second-order valence-electron chi connectivity index (χ2n) is 4.58. The van der Waals surface area contributed by atoms with Crippen LogP contribution in [0.15, 0.2) is 61.1 Å². The fraction of sp³-hybridized carbons (Fsp3) is 0. The van der Waals surface area contributed by atoms with Crippen molar-refractivity contribution in [2.75, 3.05) is 0 Å². The van der Waals surface area contributed by atoms with Crippen LogP contribution in [0.3, 0.4) is 0 Å². The smallest absolute Gasteiger partial charge is 0.129 e. The average molecular weight is 280 g/mol. The summed E-state index contributed by atoms with van der Waals surface area (Å²) >= 11 is 5.88. The first kappa shape index (κ1) is 11.4. The Morgan fingerprint density at radius 2 is 1.70 bits per heavy atom. The van der Waals surface area contributed by atoms with Crippen molar-refractivity contribution < 1.29 is 0 Å². The van der Waals surface area contributed by atoms with Gasteiger partial charge in [0, 0.05) is 17.0 Å². The zero-order chi connectivity index (χ0) is 13.5. The van der Waals surface area contributed by atoms with Gasteiger partial charge in [-0.3, -0.25) is 4.98 Å². The van der Waals surface area contributed by atoms with Crippen molar-refractivity contribution >= 4 is 33.4 Å². The van der Waals surface area contributed by atoms with Crippen LogP contribution in [0, 0.1) is 0 Å². The number of aromatic nitrogens is 3. The van der Waals surface area contributed by atoms with Gasteiger partial charge in [-0.15, -0.1) is 0 Å². The molecule has 0 saturated carbocycles. The van der Waals surface area contributed by atoms with Crippen LogP contribution < -0.4 is 0 Å². The Kier molecular flexibility index (Phi) is 2.47. The second-order valence-corrected chi connectivity index (χ2v) is 4.97. The highest BCUT2D eigenvalue weighted by Gasteiger charge is 2.11. The van der Waals surface area contributed by atoms with Crippen LogP contribution in [0.25, 0.3) is 27.5 Å². The highest BCUT2D eigenvalue weighted by atomic mass is 35.5. The van der Waals surface area contributed by atoms with Crippen molar-refractivity contribution in [3.8, 4) is 5.69 Å². The maximum absolute atomic E-state index is 5.88. The third kappa shape index (κ3) is 1.60. The van der Waals surface area contributed by atoms with Crippen molar-refractivity contribution in [2.45, 2.75) is 0 Å². The van der Waals surface area contributed by atoms with Crippen molar-refractivity contribution in [3.05, 3.63) is 66.2 Å². The van der Waals surface area contributed by atoms with E-state index in [0.29, 0.717) is 5.15 Å². The van der Waals surface area contributed by atoms with Crippen LogP contribution in [0.5, 0.6) is 0 Å². The van der Waals surface area contributed by atoms with Gasteiger partial charge in [-0.2, -0.15) is 0 Å². The molecule has 0 amide bonds. The lowest BCUT2D eigenvalue weighted by Gasteiger charge is -2.06. The zero-order valence-corrected chi connectivity index (χ0v) is 11.2. The highest BCUT2D eigenvalue weighted by molar-refractivity contribution is 6.29. The molecule has 0 atom stereocenters. The van der Waals surface area contributed by atoms with E-state index in [2.05, 4.69) is 26.7 Å². The molecule has 0 unspecified atom stereocenters. The first-order valence-corrected chi connectivity index (χ1v) is 6.67. The third-order valence-corrected chi connectivity index (χ3v) is 3.67. The van der Waals surface area contributed by atoms with Gasteiger partial charge in [0.15, 0.2) is 0 Å². The first-order valence-electron chi connectivity index (χ1n) is 6.30. The molecule has 0 aliphatic carbocycles. The van der Waals surface area contributed by atoms with Crippen LogP contribution in [0.1, 0.15) is 0 Å². The quantitative estimate of drug-likeness (QED) is 0.488. The van der Waals surface area contributed by atoms with Crippen LogP contribution in [-0.2, 0) is 0 Å². The minimum atomic E-state index is 0.493. The number of benzene rings is 1. The standard InChI is InChI=1S/C16H10ClN3/c17-16-6-5-11(9-19-16)20-14-4-2-1-3-12(14)13-7-8-18-10-15(13)20/h1-10H. The van der Waals surface area contributed by atoms with Gasteiger partial charge < -0.3 is 4.57 Å². The summed E-state index contributed by atoms with van der Waals surface area (Å²) in [6.45, 7) is 0. The van der Waals surface area contributed by atoms with E-state index in [0.717, 1.165) is 16.7 Å². The second kappa shape index (κ2) is 4.32. The molecule has 0 fully saturated rings. The summed E-state index contributed by atoms with van der Waals surface area (Å²) in [6.07, 6.45) is 5.48. The molecule has 3 aromatic heterocycles. The lowest BCUT2D eigenvalue weighted by atomic mass is 10.2. The van der Waals surface area contributed by atoms with E-state index in [1.807, 2.05) is 36.7 Å². The fourth-order valence-electron chi connectivity index (χ4n) is 2.60. The minimum Gasteiger partial charge on any atom is -0.306 e. The monoisotopic (exact) mass is 279 g/mol. The normalized spacial score (nSPS) is 11.2. The van der Waals surface area contributed by atoms with Crippen molar-refractivity contribution in [2.24, 2.45) is 0 Å². The Morgan fingerprint density at radius 3 is 2.55 bits per heavy atom. The summed E-state index contributed by atoms with van der Waals surface area (Å²) in [7, 11) is 0. The lowest BCUT2D eigenvalue weighted by molar-refractivity contribution is 1.13. The molecule has 0 spiro atoms. The largest absolute Gasteiger partial charge is 0.306 e. The summed E-state index contributed by atoms with van der Waals surface area (Å²) in [4.78, 5) is 8.42. The molecule has 96 valence electrons. The first-order chi connectivity index (χ1) is 9.84. The molecule has 1 aromatic carbocycles. The van der Waals surface area contributed by atoms with E-state index in [1.54, 1.807) is 12.3 Å². The van der Waals surface area contributed by atoms with Gasteiger partial charge in [0.2, 0.25) is 0 Å². The molecule has 0 aliphatic heterocycles. The summed E-state index contributed by atoms with van der Waals surface area (Å²) in [5.41, 5.74) is 3.19. The molecule has 0 N–H and O–H groups in total. The zero-order valence-electron chi connectivity index (χ0n) is 10.5. The molecule has 0 aliphatic rings. The molecule has 3 heterocycles. The number of para-hydroxylation sites is 1. The van der Waals surface area contributed by atoms with Crippen LogP contribution >= 0.6 is 11.6 Å². The Labute approximate surface area is 120 Å². The van der Waals surface area contributed by atoms with Gasteiger partial charge in [-0.05, 0) is 24.3 Å². The van der Waals surface area contributed by atoms with E-state index in [-0.39, 0.29) is 0 Å². The molecular formula is C16H10ClN3. The molecule has 3 nitrogen and oxygen atoms in total. The summed E-state index contributed by atoms with van der Waals surface area (Å²) in [5.74, 6) is 0. The maximum Gasteiger partial charge on any atom is 0.129 e. The summed E-state index contributed by atoms with van der Waals surface area (Å²) < 4.78 is 2.15. The molecule has 0 radical (unpaired) electrons. The van der Waals surface area contributed by atoms with E-state index in [9.17, 15) is 0 Å². The van der Waals surface area contributed by atoms with Crippen LogP contribution in [0.4, 0.5) is 0 Å². The van der Waals surface area contributed by atoms with E-state index in [4.69, 9.17) is 11.6 Å². The minimum absolute atomic E-state index is 0.493. The highest BCUT2D eigenvalue weighted by Crippen LogP contribution is 2.30. The average Bonchev–Trinajstić information content (AvgIpc) is 2.83. The molecule has 0 bridgehead atoms. The summed E-state index contributed by atoms with van der Waals surface area (Å²) in [5, 5.41) is 2.89. The predicted molar refractivity (Wildman–Crippen MR) is 81.4 cm³/mol. The molecule has 4 aromatic rings. The van der Waals surface area contributed by atoms with Gasteiger partial charge in [0.1, 0.15) is 5.15 Å². The van der Waals surface area contributed by atoms with Gasteiger partial charge in [-0.25, -0.2) is 4.98 Å².